The average molecular weight is 472 g/mol. The number of aryl methyl sites for hydroxylation is 1. The molecule has 0 radical (unpaired) electrons. The summed E-state index contributed by atoms with van der Waals surface area (Å²) in [5, 5.41) is 0. The summed E-state index contributed by atoms with van der Waals surface area (Å²) >= 11 is 0. The zero-order valence-electron chi connectivity index (χ0n) is 19.4. The largest absolute Gasteiger partial charge is 0.454 e. The molecule has 1 aromatic heterocycles. The predicted octanol–water partition coefficient (Wildman–Crippen LogP) is 4.21. The van der Waals surface area contributed by atoms with Crippen LogP contribution < -0.4 is 4.90 Å². The Hall–Kier alpha value is -2.94. The number of sulfonamides is 1. The number of Topliss-reactive ketones (excluding diaryl/α,β-unsaturated/α-hetero) is 1. The van der Waals surface area contributed by atoms with Crippen molar-refractivity contribution in [3.8, 4) is 0 Å². The van der Waals surface area contributed by atoms with Crippen molar-refractivity contribution in [2.45, 2.75) is 64.3 Å². The Morgan fingerprint density at radius 3 is 2.58 bits per heavy atom. The summed E-state index contributed by atoms with van der Waals surface area (Å²) in [6, 6.07) is 6.47. The van der Waals surface area contributed by atoms with Crippen LogP contribution in [0.4, 0.5) is 5.69 Å². The van der Waals surface area contributed by atoms with Crippen molar-refractivity contribution in [2.75, 3.05) is 18.1 Å². The number of fused-ring (bicyclic) bond motifs is 3. The number of ketones is 1. The molecule has 2 aromatic rings. The van der Waals surface area contributed by atoms with E-state index < -0.39 is 22.6 Å². The highest BCUT2D eigenvalue weighted by atomic mass is 32.2. The maximum atomic E-state index is 12.8. The number of rotatable bonds is 5. The van der Waals surface area contributed by atoms with Gasteiger partial charge in [-0.15, -0.1) is 4.40 Å². The van der Waals surface area contributed by atoms with E-state index in [1.807, 2.05) is 32.6 Å². The fourth-order valence-corrected chi connectivity index (χ4v) is 6.04. The highest BCUT2D eigenvalue weighted by Gasteiger charge is 2.32. The Labute approximate surface area is 194 Å². The number of carbonyl (C=O) groups is 2. The van der Waals surface area contributed by atoms with Crippen molar-refractivity contribution in [1.82, 2.24) is 4.57 Å². The molecule has 0 bridgehead atoms. The molecule has 0 unspecified atom stereocenters. The van der Waals surface area contributed by atoms with Gasteiger partial charge in [0.05, 0.1) is 11.3 Å². The Morgan fingerprint density at radius 2 is 1.88 bits per heavy atom. The summed E-state index contributed by atoms with van der Waals surface area (Å²) in [6.45, 7) is 8.15. The maximum Gasteiger partial charge on any atom is 0.338 e. The molecule has 0 aliphatic carbocycles. The molecule has 1 aromatic carbocycles. The van der Waals surface area contributed by atoms with Gasteiger partial charge in [-0.05, 0) is 64.8 Å². The molecular formula is C24H29N3O5S. The lowest BCUT2D eigenvalue weighted by atomic mass is 10.1. The second-order valence-corrected chi connectivity index (χ2v) is 10.4. The molecular weight excluding hydrogens is 442 g/mol. The summed E-state index contributed by atoms with van der Waals surface area (Å²) in [5.74, 6) is -0.489. The van der Waals surface area contributed by atoms with Crippen LogP contribution in [0.3, 0.4) is 0 Å². The molecule has 0 spiro atoms. The van der Waals surface area contributed by atoms with Gasteiger partial charge in [0.1, 0.15) is 10.7 Å². The number of hydrogen-bond acceptors (Lipinski definition) is 6. The van der Waals surface area contributed by atoms with E-state index in [9.17, 15) is 18.0 Å². The van der Waals surface area contributed by atoms with Crippen molar-refractivity contribution < 1.29 is 22.7 Å². The molecule has 176 valence electrons. The Bertz CT molecular complexity index is 1260. The Morgan fingerprint density at radius 1 is 1.12 bits per heavy atom. The predicted molar refractivity (Wildman–Crippen MR) is 126 cm³/mol. The molecule has 33 heavy (non-hydrogen) atoms. The second-order valence-electron chi connectivity index (χ2n) is 8.88. The lowest BCUT2D eigenvalue weighted by Crippen LogP contribution is -2.35. The molecule has 0 saturated carbocycles. The third kappa shape index (κ3) is 4.34. The fourth-order valence-electron chi connectivity index (χ4n) is 4.75. The number of carbonyl (C=O) groups excluding carboxylic acids is 2. The van der Waals surface area contributed by atoms with E-state index in [1.54, 1.807) is 18.2 Å². The first-order chi connectivity index (χ1) is 15.6. The number of hydrogen-bond donors (Lipinski definition) is 0. The standard InChI is InChI=1S/C24H29N3O5S/c1-15(2)27-16(3)12-19(17(27)4)21(28)14-32-24(29)18-9-10-20-22(13-18)33(30,31)25-23-8-6-5-7-11-26(20)23/h9-10,12-13,15H,5-8,11,14H2,1-4H3. The number of esters is 1. The minimum Gasteiger partial charge on any atom is -0.454 e. The van der Waals surface area contributed by atoms with E-state index in [2.05, 4.69) is 8.96 Å². The lowest BCUT2D eigenvalue weighted by molar-refractivity contribution is 0.0474. The molecule has 0 N–H and O–H groups in total. The summed E-state index contributed by atoms with van der Waals surface area (Å²) in [4.78, 5) is 27.3. The Kier molecular flexibility index (Phi) is 6.18. The number of amidine groups is 1. The van der Waals surface area contributed by atoms with Gasteiger partial charge in [-0.2, -0.15) is 8.42 Å². The van der Waals surface area contributed by atoms with Gasteiger partial charge in [0.2, 0.25) is 5.78 Å². The smallest absolute Gasteiger partial charge is 0.338 e. The van der Waals surface area contributed by atoms with Crippen LogP contribution in [0.5, 0.6) is 0 Å². The molecule has 2 aliphatic heterocycles. The SMILES string of the molecule is Cc1cc(C(=O)COC(=O)c2ccc3c(c2)S(=O)(=O)N=C2CCCCCN23)c(C)n1C(C)C. The van der Waals surface area contributed by atoms with Crippen molar-refractivity contribution >= 4 is 33.3 Å². The number of aromatic nitrogens is 1. The molecule has 3 heterocycles. The van der Waals surface area contributed by atoms with E-state index in [1.165, 1.54) is 6.07 Å². The van der Waals surface area contributed by atoms with Gasteiger partial charge in [0, 0.05) is 36.0 Å². The van der Waals surface area contributed by atoms with Crippen LogP contribution in [-0.2, 0) is 14.8 Å². The first-order valence-corrected chi connectivity index (χ1v) is 12.7. The van der Waals surface area contributed by atoms with Crippen LogP contribution in [0.1, 0.15) is 77.7 Å². The zero-order valence-corrected chi connectivity index (χ0v) is 20.2. The van der Waals surface area contributed by atoms with Gasteiger partial charge in [-0.25, -0.2) is 4.79 Å². The number of anilines is 1. The average Bonchev–Trinajstić information content (AvgIpc) is 2.91. The molecule has 1 fully saturated rings. The van der Waals surface area contributed by atoms with Crippen LogP contribution >= 0.6 is 0 Å². The molecule has 9 heteroatoms. The van der Waals surface area contributed by atoms with Crippen LogP contribution in [0.25, 0.3) is 0 Å². The van der Waals surface area contributed by atoms with Crippen LogP contribution in [0, 0.1) is 13.8 Å². The van der Waals surface area contributed by atoms with Gasteiger partial charge in [0.25, 0.3) is 10.0 Å². The van der Waals surface area contributed by atoms with E-state index in [0.29, 0.717) is 30.1 Å². The second kappa shape index (κ2) is 8.78. The van der Waals surface area contributed by atoms with E-state index in [-0.39, 0.29) is 22.3 Å². The van der Waals surface area contributed by atoms with Crippen molar-refractivity contribution in [3.05, 3.63) is 46.8 Å². The highest BCUT2D eigenvalue weighted by Crippen LogP contribution is 2.35. The Balaban J connectivity index is 1.53. The third-order valence-electron chi connectivity index (χ3n) is 6.22. The summed E-state index contributed by atoms with van der Waals surface area (Å²) in [7, 11) is -3.91. The quantitative estimate of drug-likeness (QED) is 0.479. The van der Waals surface area contributed by atoms with Gasteiger partial charge in [-0.1, -0.05) is 6.42 Å². The van der Waals surface area contributed by atoms with Crippen molar-refractivity contribution in [1.29, 1.82) is 0 Å². The number of ether oxygens (including phenoxy) is 1. The van der Waals surface area contributed by atoms with E-state index >= 15 is 0 Å². The van der Waals surface area contributed by atoms with Crippen LogP contribution in [0.15, 0.2) is 33.6 Å². The maximum absolute atomic E-state index is 12.8. The topological polar surface area (TPSA) is 98.0 Å². The van der Waals surface area contributed by atoms with Gasteiger partial charge in [0.15, 0.2) is 6.61 Å². The molecule has 4 rings (SSSR count). The van der Waals surface area contributed by atoms with Gasteiger partial charge in [-0.3, -0.25) is 4.79 Å². The minimum atomic E-state index is -3.91. The first-order valence-electron chi connectivity index (χ1n) is 11.2. The number of benzene rings is 1. The fraction of sp³-hybridized carbons (Fsp3) is 0.458. The summed E-state index contributed by atoms with van der Waals surface area (Å²) in [6.07, 6.45) is 3.48. The molecule has 0 amide bonds. The highest BCUT2D eigenvalue weighted by molar-refractivity contribution is 7.90. The lowest BCUT2D eigenvalue weighted by Gasteiger charge is -2.29. The summed E-state index contributed by atoms with van der Waals surface area (Å²) in [5.41, 5.74) is 2.92. The monoisotopic (exact) mass is 471 g/mol. The van der Waals surface area contributed by atoms with Crippen LogP contribution in [0.2, 0.25) is 0 Å². The molecule has 1 saturated heterocycles. The number of nitrogens with zero attached hydrogens (tertiary/aromatic N) is 3. The van der Waals surface area contributed by atoms with E-state index in [4.69, 9.17) is 4.74 Å². The normalized spacial score (nSPS) is 17.1. The first kappa shape index (κ1) is 23.2. The van der Waals surface area contributed by atoms with E-state index in [0.717, 1.165) is 30.7 Å². The van der Waals surface area contributed by atoms with Gasteiger partial charge >= 0.3 is 5.97 Å². The minimum absolute atomic E-state index is 0.00518. The third-order valence-corrected chi connectivity index (χ3v) is 7.55. The van der Waals surface area contributed by atoms with Crippen molar-refractivity contribution in [3.63, 3.8) is 0 Å². The van der Waals surface area contributed by atoms with Gasteiger partial charge < -0.3 is 14.2 Å². The molecule has 8 nitrogen and oxygen atoms in total. The van der Waals surface area contributed by atoms with Crippen LogP contribution in [-0.4, -0.2) is 43.7 Å². The zero-order chi connectivity index (χ0) is 23.9. The van der Waals surface area contributed by atoms with Crippen molar-refractivity contribution in [2.24, 2.45) is 4.40 Å². The molecule has 2 aliphatic rings. The summed E-state index contributed by atoms with van der Waals surface area (Å²) < 4.78 is 36.8. The molecule has 0 atom stereocenters.